The number of thiophene rings is 1. The minimum absolute atomic E-state index is 0.596. The Bertz CT molecular complexity index is 353. The number of rotatable bonds is 7. The molecule has 3 nitrogen and oxygen atoms in total. The van der Waals surface area contributed by atoms with Crippen LogP contribution in [0.3, 0.4) is 0 Å². The van der Waals surface area contributed by atoms with Gasteiger partial charge in [0.1, 0.15) is 0 Å². The molecule has 0 aromatic carbocycles. The smallest absolute Gasteiger partial charge is 0.0587 e. The molecule has 0 bridgehead atoms. The van der Waals surface area contributed by atoms with Crippen molar-refractivity contribution in [2.24, 2.45) is 0 Å². The molecular formula is C14H24N2OS. The highest BCUT2D eigenvalue weighted by atomic mass is 32.1. The summed E-state index contributed by atoms with van der Waals surface area (Å²) in [5, 5.41) is 5.64. The van der Waals surface area contributed by atoms with E-state index in [1.807, 2.05) is 11.3 Å². The van der Waals surface area contributed by atoms with Crippen molar-refractivity contribution in [3.8, 4) is 0 Å². The lowest BCUT2D eigenvalue weighted by molar-refractivity contribution is 0.189. The normalized spacial score (nSPS) is 20.0. The zero-order chi connectivity index (χ0) is 12.8. The molecule has 0 saturated carbocycles. The molecule has 1 aromatic heterocycles. The van der Waals surface area contributed by atoms with E-state index in [1.54, 1.807) is 17.6 Å². The Morgan fingerprint density at radius 2 is 2.39 bits per heavy atom. The van der Waals surface area contributed by atoms with E-state index >= 15 is 0 Å². The lowest BCUT2D eigenvalue weighted by Gasteiger charge is -2.33. The average Bonchev–Trinajstić information content (AvgIpc) is 2.85. The molecule has 1 N–H and O–H groups in total. The third-order valence-corrected chi connectivity index (χ3v) is 4.68. The summed E-state index contributed by atoms with van der Waals surface area (Å²) >= 11 is 1.92. The fourth-order valence-corrected chi connectivity index (χ4v) is 3.54. The molecule has 0 fully saturated rings. The first kappa shape index (κ1) is 14.0. The third-order valence-electron chi connectivity index (χ3n) is 3.69. The van der Waals surface area contributed by atoms with E-state index < -0.39 is 0 Å². The topological polar surface area (TPSA) is 24.5 Å². The second kappa shape index (κ2) is 7.24. The van der Waals surface area contributed by atoms with Gasteiger partial charge in [-0.25, -0.2) is 0 Å². The van der Waals surface area contributed by atoms with E-state index in [0.29, 0.717) is 6.04 Å². The molecule has 2 heterocycles. The number of hydrogen-bond acceptors (Lipinski definition) is 4. The molecular weight excluding hydrogens is 244 g/mol. The van der Waals surface area contributed by atoms with Crippen molar-refractivity contribution in [3.63, 3.8) is 0 Å². The van der Waals surface area contributed by atoms with Gasteiger partial charge in [-0.2, -0.15) is 0 Å². The van der Waals surface area contributed by atoms with Crippen molar-refractivity contribution in [1.29, 1.82) is 0 Å². The maximum absolute atomic E-state index is 5.01. The fraction of sp³-hybridized carbons (Fsp3) is 0.714. The number of ether oxygens (including phenoxy) is 1. The molecule has 18 heavy (non-hydrogen) atoms. The molecule has 0 aliphatic carbocycles. The van der Waals surface area contributed by atoms with Gasteiger partial charge in [-0.3, -0.25) is 4.90 Å². The van der Waals surface area contributed by atoms with Crippen LogP contribution in [0.4, 0.5) is 0 Å². The Morgan fingerprint density at radius 1 is 1.50 bits per heavy atom. The van der Waals surface area contributed by atoms with Crippen LogP contribution in [-0.4, -0.2) is 44.8 Å². The second-order valence-electron chi connectivity index (χ2n) is 4.86. The van der Waals surface area contributed by atoms with Gasteiger partial charge in [-0.15, -0.1) is 11.3 Å². The highest BCUT2D eigenvalue weighted by Crippen LogP contribution is 2.32. The van der Waals surface area contributed by atoms with E-state index in [4.69, 9.17) is 4.74 Å². The largest absolute Gasteiger partial charge is 0.383 e. The third kappa shape index (κ3) is 3.54. The van der Waals surface area contributed by atoms with Gasteiger partial charge < -0.3 is 10.1 Å². The van der Waals surface area contributed by atoms with Crippen LogP contribution in [0, 0.1) is 0 Å². The Hall–Kier alpha value is -0.420. The Kier molecular flexibility index (Phi) is 5.63. The highest BCUT2D eigenvalue weighted by Gasteiger charge is 2.23. The molecule has 0 amide bonds. The molecule has 0 saturated heterocycles. The van der Waals surface area contributed by atoms with E-state index in [9.17, 15) is 0 Å². The second-order valence-corrected chi connectivity index (χ2v) is 5.86. The lowest BCUT2D eigenvalue weighted by Crippen LogP contribution is -2.35. The summed E-state index contributed by atoms with van der Waals surface area (Å²) in [4.78, 5) is 4.20. The van der Waals surface area contributed by atoms with Crippen LogP contribution < -0.4 is 5.32 Å². The summed E-state index contributed by atoms with van der Waals surface area (Å²) in [6, 6.07) is 2.90. The van der Waals surface area contributed by atoms with Crippen LogP contribution in [0.25, 0.3) is 0 Å². The van der Waals surface area contributed by atoms with Crippen LogP contribution in [0.5, 0.6) is 0 Å². The van der Waals surface area contributed by atoms with E-state index in [1.165, 1.54) is 25.9 Å². The molecule has 1 aliphatic heterocycles. The van der Waals surface area contributed by atoms with Gasteiger partial charge in [0.05, 0.1) is 6.61 Å². The SMILES string of the molecule is COCCNCCCN1CCc2sccc2C1C. The standard InChI is InChI=1S/C14H24N2OS/c1-12-13-5-11-18-14(13)4-9-16(12)8-3-6-15-7-10-17-2/h5,11-12,15H,3-4,6-10H2,1-2H3. The maximum Gasteiger partial charge on any atom is 0.0587 e. The predicted molar refractivity (Wildman–Crippen MR) is 77.4 cm³/mol. The predicted octanol–water partition coefficient (Wildman–Crippen LogP) is 2.29. The number of nitrogens with zero attached hydrogens (tertiary/aromatic N) is 1. The van der Waals surface area contributed by atoms with Crippen LogP contribution in [0.2, 0.25) is 0 Å². The summed E-state index contributed by atoms with van der Waals surface area (Å²) in [7, 11) is 1.75. The lowest BCUT2D eigenvalue weighted by atomic mass is 10.0. The first-order chi connectivity index (χ1) is 8.83. The Balaban J connectivity index is 1.68. The monoisotopic (exact) mass is 268 g/mol. The maximum atomic E-state index is 5.01. The van der Waals surface area contributed by atoms with Gasteiger partial charge in [-0.05, 0) is 49.9 Å². The summed E-state index contributed by atoms with van der Waals surface area (Å²) in [6.07, 6.45) is 2.45. The van der Waals surface area contributed by atoms with Gasteiger partial charge in [0.25, 0.3) is 0 Å². The molecule has 1 aliphatic rings. The zero-order valence-electron chi connectivity index (χ0n) is 11.4. The van der Waals surface area contributed by atoms with Crippen molar-refractivity contribution in [2.75, 3.05) is 39.9 Å². The van der Waals surface area contributed by atoms with Crippen molar-refractivity contribution >= 4 is 11.3 Å². The number of nitrogens with one attached hydrogen (secondary N) is 1. The van der Waals surface area contributed by atoms with E-state index in [-0.39, 0.29) is 0 Å². The minimum atomic E-state index is 0.596. The first-order valence-corrected chi connectivity index (χ1v) is 7.71. The molecule has 0 radical (unpaired) electrons. The summed E-state index contributed by atoms with van der Waals surface area (Å²) in [5.41, 5.74) is 1.55. The van der Waals surface area contributed by atoms with Crippen LogP contribution in [0.15, 0.2) is 11.4 Å². The molecule has 1 atom stereocenters. The highest BCUT2D eigenvalue weighted by molar-refractivity contribution is 7.10. The molecule has 4 heteroatoms. The summed E-state index contributed by atoms with van der Waals surface area (Å²) < 4.78 is 5.01. The van der Waals surface area contributed by atoms with Gasteiger partial charge >= 0.3 is 0 Å². The van der Waals surface area contributed by atoms with Crippen LogP contribution >= 0.6 is 11.3 Å². The van der Waals surface area contributed by atoms with Gasteiger partial charge in [0, 0.05) is 31.1 Å². The Morgan fingerprint density at radius 3 is 3.22 bits per heavy atom. The zero-order valence-corrected chi connectivity index (χ0v) is 12.3. The van der Waals surface area contributed by atoms with E-state index in [0.717, 1.165) is 19.7 Å². The van der Waals surface area contributed by atoms with Gasteiger partial charge in [0.15, 0.2) is 0 Å². The molecule has 1 unspecified atom stereocenters. The van der Waals surface area contributed by atoms with Crippen molar-refractivity contribution in [3.05, 3.63) is 21.9 Å². The number of methoxy groups -OCH3 is 1. The van der Waals surface area contributed by atoms with E-state index in [2.05, 4.69) is 28.6 Å². The van der Waals surface area contributed by atoms with Crippen molar-refractivity contribution in [1.82, 2.24) is 10.2 Å². The quantitative estimate of drug-likeness (QED) is 0.768. The van der Waals surface area contributed by atoms with Crippen LogP contribution in [0.1, 0.15) is 29.8 Å². The average molecular weight is 268 g/mol. The van der Waals surface area contributed by atoms with Crippen LogP contribution in [-0.2, 0) is 11.2 Å². The number of hydrogen-bond donors (Lipinski definition) is 1. The Labute approximate surface area is 114 Å². The first-order valence-electron chi connectivity index (χ1n) is 6.83. The van der Waals surface area contributed by atoms with Crippen molar-refractivity contribution in [2.45, 2.75) is 25.8 Å². The molecule has 0 spiro atoms. The molecule has 1 aromatic rings. The summed E-state index contributed by atoms with van der Waals surface area (Å²) in [5.74, 6) is 0. The minimum Gasteiger partial charge on any atom is -0.383 e. The fourth-order valence-electron chi connectivity index (χ4n) is 2.57. The van der Waals surface area contributed by atoms with Crippen molar-refractivity contribution < 1.29 is 4.74 Å². The summed E-state index contributed by atoms with van der Waals surface area (Å²) in [6.45, 7) is 7.59. The molecule has 2 rings (SSSR count). The molecule has 102 valence electrons. The van der Waals surface area contributed by atoms with Gasteiger partial charge in [-0.1, -0.05) is 0 Å². The number of fused-ring (bicyclic) bond motifs is 1. The van der Waals surface area contributed by atoms with Gasteiger partial charge in [0.2, 0.25) is 0 Å².